The van der Waals surface area contributed by atoms with E-state index in [0.29, 0.717) is 120 Å². The Morgan fingerprint density at radius 3 is 1.52 bits per heavy atom. The number of benzene rings is 6. The predicted molar refractivity (Wildman–Crippen MR) is 586 cm³/mol. The van der Waals surface area contributed by atoms with E-state index in [1.54, 1.807) is 112 Å². The number of hydrogen-bond donors (Lipinski definition) is 12. The van der Waals surface area contributed by atoms with Crippen LogP contribution in [0.1, 0.15) is 77.2 Å². The molecule has 25 nitrogen and oxygen atoms in total. The first-order chi connectivity index (χ1) is 65.6. The Bertz CT molecular complexity index is 6280. The van der Waals surface area contributed by atoms with Crippen molar-refractivity contribution in [3.05, 3.63) is 265 Å². The molecule has 0 bridgehead atoms. The number of pyridine rings is 3. The van der Waals surface area contributed by atoms with Crippen molar-refractivity contribution in [2.75, 3.05) is 86.0 Å². The fourth-order valence-electron chi connectivity index (χ4n) is 10.7. The van der Waals surface area contributed by atoms with Gasteiger partial charge < -0.3 is 18.9 Å². The number of thiazole rings is 3. The van der Waals surface area contributed by atoms with Gasteiger partial charge in [-0.3, -0.25) is 72.9 Å². The van der Waals surface area contributed by atoms with Gasteiger partial charge >= 0.3 is 0 Å². The van der Waals surface area contributed by atoms with Crippen LogP contribution in [0.5, 0.6) is 23.3 Å². The first kappa shape index (κ1) is 121. The molecule has 0 aliphatic rings. The maximum atomic E-state index is 11.3. The molecule has 0 saturated carbocycles. The Balaban J connectivity index is 0.000000319. The number of hydrogen-bond acceptors (Lipinski definition) is 37. The lowest BCUT2D eigenvalue weighted by Gasteiger charge is -2.07. The minimum atomic E-state index is -0.0138. The zero-order valence-electron chi connectivity index (χ0n) is 74.0. The van der Waals surface area contributed by atoms with E-state index in [2.05, 4.69) is 171 Å². The average Bonchev–Trinajstić information content (AvgIpc) is 1.74. The molecule has 2 N–H and O–H groups in total. The predicted octanol–water partition coefficient (Wildman–Crippen LogP) is 19.5. The van der Waals surface area contributed by atoms with E-state index >= 15 is 0 Å². The van der Waals surface area contributed by atoms with E-state index in [1.807, 2.05) is 72.9 Å². The second-order valence-corrected chi connectivity index (χ2v) is 36.9. The van der Waals surface area contributed by atoms with Crippen LogP contribution in [0.4, 0.5) is 0 Å². The Morgan fingerprint density at radius 2 is 0.971 bits per heavy atom. The molecule has 137 heavy (non-hydrogen) atoms. The van der Waals surface area contributed by atoms with Gasteiger partial charge in [-0.05, 0) is 132 Å². The molecular formula is C93H95Cl5N10O15S14. The van der Waals surface area contributed by atoms with E-state index in [1.165, 1.54) is 61.4 Å². The quantitative estimate of drug-likeness (QED) is 0.00997. The number of rotatable bonds is 35. The highest BCUT2D eigenvalue weighted by molar-refractivity contribution is 7.82. The highest BCUT2D eigenvalue weighted by Gasteiger charge is 2.17. The number of ether oxygens (including phenoxy) is 4. The number of para-hydroxylation sites is 1. The van der Waals surface area contributed by atoms with Crippen LogP contribution < -0.4 is 18.9 Å². The summed E-state index contributed by atoms with van der Waals surface area (Å²) >= 11 is 76.9. The zero-order valence-corrected chi connectivity index (χ0v) is 90.0. The van der Waals surface area contributed by atoms with Gasteiger partial charge in [0.15, 0.2) is 5.78 Å². The Labute approximate surface area is 889 Å². The number of carbonyl (C=O) groups is 11. The topological polar surface area (TPSA) is 370 Å². The average molecular weight is 2220 g/mol. The van der Waals surface area contributed by atoms with E-state index < -0.39 is 0 Å². The van der Waals surface area contributed by atoms with Crippen LogP contribution in [-0.4, -0.2) is 195 Å². The van der Waals surface area contributed by atoms with Crippen molar-refractivity contribution in [1.82, 2.24) is 45.1 Å². The van der Waals surface area contributed by atoms with Gasteiger partial charge in [-0.25, -0.2) is 19.9 Å². The molecule has 0 radical (unpaired) electrons. The third kappa shape index (κ3) is 47.3. The molecule has 0 saturated heterocycles. The van der Waals surface area contributed by atoms with Crippen LogP contribution in [0.2, 0.25) is 24.4 Å². The number of ketones is 11. The summed E-state index contributed by atoms with van der Waals surface area (Å²) in [7, 11) is 6.23. The summed E-state index contributed by atoms with van der Waals surface area (Å²) in [6, 6.07) is 45.6. The fraction of sp³-hybridized carbons (Fsp3) is 0.269. The van der Waals surface area contributed by atoms with Crippen molar-refractivity contribution >= 4 is 325 Å². The minimum absolute atomic E-state index is 0.0138. The molecule has 7 heterocycles. The number of halogens is 5. The Hall–Kier alpha value is -8.19. The van der Waals surface area contributed by atoms with Crippen molar-refractivity contribution in [2.45, 2.75) is 71.1 Å². The van der Waals surface area contributed by atoms with Gasteiger partial charge in [0.25, 0.3) is 0 Å². The normalized spacial score (nSPS) is 10.1. The van der Waals surface area contributed by atoms with Gasteiger partial charge in [0.05, 0.1) is 109 Å². The highest BCUT2D eigenvalue weighted by Crippen LogP contribution is 2.32. The van der Waals surface area contributed by atoms with E-state index in [-0.39, 0.29) is 135 Å². The van der Waals surface area contributed by atoms with Crippen LogP contribution in [0.25, 0.3) is 31.2 Å². The highest BCUT2D eigenvalue weighted by atomic mass is 35.5. The summed E-state index contributed by atoms with van der Waals surface area (Å²) in [6.07, 6.45) is 9.89. The number of H-pyrrole nitrogens is 2. The molecule has 0 aliphatic carbocycles. The molecule has 0 atom stereocenters. The lowest BCUT2D eigenvalue weighted by Crippen LogP contribution is -2.06. The number of aromatic amines is 2. The third-order valence-corrected chi connectivity index (χ3v) is 25.3. The van der Waals surface area contributed by atoms with Gasteiger partial charge in [0, 0.05) is 141 Å². The van der Waals surface area contributed by atoms with E-state index in [4.69, 9.17) is 94.4 Å². The summed E-state index contributed by atoms with van der Waals surface area (Å²) in [5.74, 6) is 5.99. The number of nitrogens with zero attached hydrogens (tertiary/aromatic N) is 8. The number of nitrogens with one attached hydrogen (secondary N) is 2. The number of Topliss-reactive ketones (excluding diaryl/α,β-unsaturated/α-hetero) is 11. The summed E-state index contributed by atoms with van der Waals surface area (Å²) < 4.78 is 23.3. The lowest BCUT2D eigenvalue weighted by molar-refractivity contribution is -0.116. The zero-order chi connectivity index (χ0) is 101. The largest absolute Gasteiger partial charge is 0.497 e. The van der Waals surface area contributed by atoms with Crippen LogP contribution in [0.15, 0.2) is 170 Å². The van der Waals surface area contributed by atoms with Gasteiger partial charge in [0.1, 0.15) is 100 Å². The summed E-state index contributed by atoms with van der Waals surface area (Å²) in [4.78, 5) is 151. The number of thiol groups is 10. The molecule has 0 spiro atoms. The van der Waals surface area contributed by atoms with Crippen molar-refractivity contribution < 1.29 is 71.7 Å². The molecule has 0 aliphatic heterocycles. The standard InChI is InChI=1S/C12H11NOS.C11H11NO2S2.C11H12O2S.C10H8ClNOS2.C10H11ClO2S.C10H13NO3S.C10H9NOS.C8H7Cl2NOS.C6H6ClNOS2.C5H7N3OS2/c14-11(8-15)6-9-2-1-3-10-7-13-5-4-12(9)10;1-14-8-3-2-4-9-11(8)12-10(16-9)5-7(13)6-15;1-8(12)10-4-2-3-9(5-10)6-11(13)7-14;11-6-1-2-8-9(3-6)15-10(12-8)4-7(13)5-14;1-13-9-2-3-10(11)7(5-9)4-8(12)6-14;1-13-9-4-3-7(5-8(12)6-15)10(11-9)14-2;11-6-9-3-1-8(2-4-9)5-10(12)7-13;9-5-1-7(10)8(11-3-5)2-6(12)4-13;7-5-2-8-6(11-5)1-4(9)3-10;9-3(2-10)1-4-6-5(11)8-7-4/h1-5,7,15H,6,8H2;2-4,15H,5-6H2,1H3;2-5,14H,6-7H2,1H3;1-3,14H,4-5H2;2-3,5,14H,4,6H2,1H3;3-4,15H,5-6H2,1-2H3;1-4,13H,5,7H2;1,3,13H,2,4H2;2,10H,1,3H2;10H,1-2H2,(H2,6,7,8,11). The third-order valence-electron chi connectivity index (χ3n) is 17.3. The van der Waals surface area contributed by atoms with Crippen molar-refractivity contribution in [3.8, 4) is 29.3 Å². The molecule has 13 aromatic rings. The minimum Gasteiger partial charge on any atom is -0.497 e. The number of nitriles is 1. The fourth-order valence-corrected chi connectivity index (χ4v) is 15.9. The molecule has 0 unspecified atom stereocenters. The number of methoxy groups -OCH3 is 4. The number of aromatic nitrogens is 9. The second-order valence-electron chi connectivity index (χ2n) is 27.7. The molecule has 6 aromatic carbocycles. The van der Waals surface area contributed by atoms with Crippen molar-refractivity contribution in [3.63, 3.8) is 0 Å². The second kappa shape index (κ2) is 68.0. The van der Waals surface area contributed by atoms with Crippen LogP contribution in [0.3, 0.4) is 0 Å². The van der Waals surface area contributed by atoms with Crippen LogP contribution >= 0.6 is 231 Å². The first-order valence-electron chi connectivity index (χ1n) is 40.2. The molecule has 0 fully saturated rings. The first-order valence-corrected chi connectivity index (χ1v) is 51.2. The van der Waals surface area contributed by atoms with Crippen LogP contribution in [0, 0.1) is 16.1 Å². The van der Waals surface area contributed by atoms with Gasteiger partial charge in [-0.1, -0.05) is 113 Å². The maximum Gasteiger partial charge on any atom is 0.220 e. The summed E-state index contributed by atoms with van der Waals surface area (Å²) in [6.45, 7) is 1.51. The number of fused-ring (bicyclic) bond motifs is 3. The molecule has 0 amide bonds. The molecule has 44 heteroatoms. The summed E-state index contributed by atoms with van der Waals surface area (Å²) in [5.41, 5.74) is 7.91. The molecular weight excluding hydrogens is 2120 g/mol. The van der Waals surface area contributed by atoms with Gasteiger partial charge in [0.2, 0.25) is 16.5 Å². The van der Waals surface area contributed by atoms with Gasteiger partial charge in [-0.2, -0.15) is 137 Å². The lowest BCUT2D eigenvalue weighted by atomic mass is 10.0. The molecule has 13 rings (SSSR count). The maximum absolute atomic E-state index is 11.3. The van der Waals surface area contributed by atoms with E-state index in [0.717, 1.165) is 79.8 Å². The van der Waals surface area contributed by atoms with Crippen molar-refractivity contribution in [1.29, 1.82) is 5.26 Å². The molecule has 7 aromatic heterocycles. The Kier molecular flexibility index (Phi) is 60.1. The van der Waals surface area contributed by atoms with Crippen LogP contribution in [-0.2, 0) is 112 Å². The monoisotopic (exact) mass is 2210 g/mol. The van der Waals surface area contributed by atoms with E-state index in [9.17, 15) is 52.7 Å². The van der Waals surface area contributed by atoms with Gasteiger partial charge in [-0.15, -0.1) is 34.0 Å². The SMILES string of the molecule is CC(=O)c1cccc(CC(=O)CS)c1.COc1ccc(CC(=O)CS)c(OC)n1.COc1ccc(Cl)c(CC(=O)CS)c1.COc1cccc2sc(CC(=O)CS)nc12.N#Cc1ccc(CC(=O)CS)cc1.O=C(CS)Cc1cccc2cnccc12.O=C(CS)Cc1nc(=S)[nH][nH]1.O=C(CS)Cc1nc2ccc(Cl)cc2s1.O=C(CS)Cc1ncc(Cl)cc1Cl.O=C(CS)Cc1ncc(Cl)s1. The smallest absolute Gasteiger partial charge is 0.220 e. The molecule has 726 valence electrons. The summed E-state index contributed by atoms with van der Waals surface area (Å²) in [5, 5.41) is 20.5. The Morgan fingerprint density at radius 1 is 0.423 bits per heavy atom. The van der Waals surface area contributed by atoms with Crippen molar-refractivity contribution in [2.24, 2.45) is 0 Å². The number of carbonyl (C=O) groups excluding carboxylic acids is 11.